The van der Waals surface area contributed by atoms with Gasteiger partial charge in [0.25, 0.3) is 5.56 Å². The largest absolute Gasteiger partial charge is 0.309 e. The molecule has 0 aliphatic rings. The molecule has 0 bridgehead atoms. The van der Waals surface area contributed by atoms with Crippen LogP contribution in [-0.4, -0.2) is 28.0 Å². The van der Waals surface area contributed by atoms with Gasteiger partial charge in [0.1, 0.15) is 5.82 Å². The van der Waals surface area contributed by atoms with Gasteiger partial charge >= 0.3 is 0 Å². The number of benzene rings is 1. The maximum absolute atomic E-state index is 12.0. The van der Waals surface area contributed by atoms with Crippen LogP contribution < -0.4 is 5.56 Å². The van der Waals surface area contributed by atoms with Crippen LogP contribution in [0.2, 0.25) is 5.02 Å². The molecule has 1 N–H and O–H groups in total. The summed E-state index contributed by atoms with van der Waals surface area (Å²) in [5.74, 6) is 0.646. The Labute approximate surface area is 123 Å². The average Bonchev–Trinajstić information content (AvgIpc) is 2.36. The van der Waals surface area contributed by atoms with Crippen LogP contribution in [-0.2, 0) is 6.54 Å². The maximum Gasteiger partial charge on any atom is 0.258 e. The monoisotopic (exact) mass is 291 g/mol. The third-order valence-corrected chi connectivity index (χ3v) is 3.27. The number of fused-ring (bicyclic) bond motifs is 1. The minimum absolute atomic E-state index is 0.131. The molecule has 106 valence electrons. The van der Waals surface area contributed by atoms with Gasteiger partial charge in [-0.3, -0.25) is 9.69 Å². The summed E-state index contributed by atoms with van der Waals surface area (Å²) in [5, 5.41) is 1.14. The Kier molecular flexibility index (Phi) is 4.57. The van der Waals surface area contributed by atoms with E-state index < -0.39 is 0 Å². The van der Waals surface area contributed by atoms with E-state index in [2.05, 4.69) is 28.4 Å². The van der Waals surface area contributed by atoms with E-state index in [-0.39, 0.29) is 5.56 Å². The number of likely N-dealkylation sites (N-methyl/N-ethyl adjacent to an activating group) is 1. The van der Waals surface area contributed by atoms with Crippen LogP contribution in [0.25, 0.3) is 10.9 Å². The summed E-state index contributed by atoms with van der Waals surface area (Å²) in [6, 6.07) is 5.10. The molecule has 0 saturated heterocycles. The first-order chi connectivity index (χ1) is 9.49. The molecule has 2 aromatic rings. The van der Waals surface area contributed by atoms with Gasteiger partial charge in [0, 0.05) is 11.6 Å². The minimum atomic E-state index is -0.131. The van der Waals surface area contributed by atoms with Crippen molar-refractivity contribution in [3.63, 3.8) is 0 Å². The molecule has 2 rings (SSSR count). The highest BCUT2D eigenvalue weighted by Crippen LogP contribution is 2.15. The number of nitrogens with zero attached hydrogens (tertiary/aromatic N) is 2. The van der Waals surface area contributed by atoms with Crippen LogP contribution in [0, 0.1) is 0 Å². The topological polar surface area (TPSA) is 49.0 Å². The van der Waals surface area contributed by atoms with Crippen LogP contribution in [0.1, 0.15) is 19.7 Å². The zero-order valence-corrected chi connectivity index (χ0v) is 12.5. The van der Waals surface area contributed by atoms with Gasteiger partial charge < -0.3 is 4.98 Å². The fraction of sp³-hybridized carbons (Fsp3) is 0.333. The van der Waals surface area contributed by atoms with Gasteiger partial charge in [-0.2, -0.15) is 0 Å². The molecule has 0 aliphatic carbocycles. The van der Waals surface area contributed by atoms with E-state index in [1.807, 2.05) is 6.92 Å². The predicted octanol–water partition coefficient (Wildman–Crippen LogP) is 2.97. The molecule has 0 unspecified atom stereocenters. The lowest BCUT2D eigenvalue weighted by atomic mass is 10.2. The van der Waals surface area contributed by atoms with Crippen molar-refractivity contribution in [2.24, 2.45) is 0 Å². The zero-order chi connectivity index (χ0) is 14.7. The van der Waals surface area contributed by atoms with Gasteiger partial charge in [0.15, 0.2) is 0 Å². The van der Waals surface area contributed by atoms with Gasteiger partial charge in [-0.25, -0.2) is 4.98 Å². The molecule has 1 aromatic carbocycles. The SMILES string of the molecule is C=C(C)CN(CC)Cc1nc2cc(Cl)ccc2c(=O)[nH]1. The van der Waals surface area contributed by atoms with Gasteiger partial charge in [-0.15, -0.1) is 0 Å². The van der Waals surface area contributed by atoms with Crippen LogP contribution >= 0.6 is 11.6 Å². The third kappa shape index (κ3) is 3.46. The summed E-state index contributed by atoms with van der Waals surface area (Å²) in [7, 11) is 0. The van der Waals surface area contributed by atoms with Crippen molar-refractivity contribution in [2.45, 2.75) is 20.4 Å². The van der Waals surface area contributed by atoms with Gasteiger partial charge in [0.05, 0.1) is 17.4 Å². The number of halogens is 1. The number of rotatable bonds is 5. The molecule has 20 heavy (non-hydrogen) atoms. The predicted molar refractivity (Wildman–Crippen MR) is 83.1 cm³/mol. The van der Waals surface area contributed by atoms with E-state index in [4.69, 9.17) is 11.6 Å². The molecule has 1 heterocycles. The molecule has 0 aliphatic heterocycles. The van der Waals surface area contributed by atoms with Crippen molar-refractivity contribution in [1.82, 2.24) is 14.9 Å². The second kappa shape index (κ2) is 6.20. The first-order valence-electron chi connectivity index (χ1n) is 6.54. The maximum atomic E-state index is 12.0. The van der Waals surface area contributed by atoms with E-state index in [0.29, 0.717) is 28.3 Å². The van der Waals surface area contributed by atoms with Crippen molar-refractivity contribution in [1.29, 1.82) is 0 Å². The second-order valence-corrected chi connectivity index (χ2v) is 5.37. The first kappa shape index (κ1) is 14.8. The molecule has 0 spiro atoms. The number of aromatic amines is 1. The van der Waals surface area contributed by atoms with E-state index in [1.54, 1.807) is 18.2 Å². The number of aromatic nitrogens is 2. The molecule has 0 radical (unpaired) electrons. The fourth-order valence-electron chi connectivity index (χ4n) is 2.11. The standard InChI is InChI=1S/C15H18ClN3O/c1-4-19(8-10(2)3)9-14-17-13-7-11(16)5-6-12(13)15(20)18-14/h5-7H,2,4,8-9H2,1,3H3,(H,17,18,20). The number of nitrogens with one attached hydrogen (secondary N) is 1. The van der Waals surface area contributed by atoms with E-state index >= 15 is 0 Å². The fourth-order valence-corrected chi connectivity index (χ4v) is 2.28. The number of H-pyrrole nitrogens is 1. The lowest BCUT2D eigenvalue weighted by Gasteiger charge is -2.19. The summed E-state index contributed by atoms with van der Waals surface area (Å²) in [4.78, 5) is 21.5. The first-order valence-corrected chi connectivity index (χ1v) is 6.92. The molecular weight excluding hydrogens is 274 g/mol. The van der Waals surface area contributed by atoms with Gasteiger partial charge in [-0.1, -0.05) is 30.7 Å². The quantitative estimate of drug-likeness (QED) is 0.862. The smallest absolute Gasteiger partial charge is 0.258 e. The van der Waals surface area contributed by atoms with E-state index in [0.717, 1.165) is 18.7 Å². The highest BCUT2D eigenvalue weighted by atomic mass is 35.5. The van der Waals surface area contributed by atoms with Crippen molar-refractivity contribution >= 4 is 22.5 Å². The Balaban J connectivity index is 2.35. The summed E-state index contributed by atoms with van der Waals surface area (Å²) in [5.41, 5.74) is 1.58. The lowest BCUT2D eigenvalue weighted by Crippen LogP contribution is -2.27. The normalized spacial score (nSPS) is 11.2. The van der Waals surface area contributed by atoms with Crippen molar-refractivity contribution in [2.75, 3.05) is 13.1 Å². The Hall–Kier alpha value is -1.65. The Morgan fingerprint density at radius 1 is 1.50 bits per heavy atom. The highest BCUT2D eigenvalue weighted by molar-refractivity contribution is 6.31. The van der Waals surface area contributed by atoms with Crippen LogP contribution in [0.4, 0.5) is 0 Å². The number of hydrogen-bond donors (Lipinski definition) is 1. The third-order valence-electron chi connectivity index (χ3n) is 3.03. The summed E-state index contributed by atoms with van der Waals surface area (Å²) in [6.07, 6.45) is 0. The van der Waals surface area contributed by atoms with Crippen molar-refractivity contribution in [3.8, 4) is 0 Å². The molecule has 0 atom stereocenters. The van der Waals surface area contributed by atoms with Crippen LogP contribution in [0.15, 0.2) is 35.1 Å². The molecule has 0 fully saturated rings. The van der Waals surface area contributed by atoms with Crippen LogP contribution in [0.3, 0.4) is 0 Å². The van der Waals surface area contributed by atoms with E-state index in [9.17, 15) is 4.79 Å². The molecular formula is C15H18ClN3O. The molecule has 5 heteroatoms. The molecule has 0 amide bonds. The van der Waals surface area contributed by atoms with Gasteiger partial charge in [0.2, 0.25) is 0 Å². The summed E-state index contributed by atoms with van der Waals surface area (Å²) in [6.45, 7) is 10.2. The van der Waals surface area contributed by atoms with Crippen LogP contribution in [0.5, 0.6) is 0 Å². The lowest BCUT2D eigenvalue weighted by molar-refractivity contribution is 0.297. The van der Waals surface area contributed by atoms with Crippen molar-refractivity contribution in [3.05, 3.63) is 51.6 Å². The summed E-state index contributed by atoms with van der Waals surface area (Å²) >= 11 is 5.95. The Morgan fingerprint density at radius 2 is 2.25 bits per heavy atom. The zero-order valence-electron chi connectivity index (χ0n) is 11.7. The summed E-state index contributed by atoms with van der Waals surface area (Å²) < 4.78 is 0. The molecule has 1 aromatic heterocycles. The highest BCUT2D eigenvalue weighted by Gasteiger charge is 2.08. The number of hydrogen-bond acceptors (Lipinski definition) is 3. The minimum Gasteiger partial charge on any atom is -0.309 e. The second-order valence-electron chi connectivity index (χ2n) is 4.93. The molecule has 0 saturated carbocycles. The Morgan fingerprint density at radius 3 is 2.90 bits per heavy atom. The molecule has 4 nitrogen and oxygen atoms in total. The van der Waals surface area contributed by atoms with Gasteiger partial charge in [-0.05, 0) is 31.7 Å². The van der Waals surface area contributed by atoms with Crippen molar-refractivity contribution < 1.29 is 0 Å². The Bertz CT molecular complexity index is 693. The van der Waals surface area contributed by atoms with E-state index in [1.165, 1.54) is 0 Å². The average molecular weight is 292 g/mol.